The molecule has 0 spiro atoms. The van der Waals surface area contributed by atoms with Gasteiger partial charge in [0.2, 0.25) is 0 Å². The molecule has 1 aliphatic rings. The van der Waals surface area contributed by atoms with Crippen molar-refractivity contribution < 1.29 is 18.9 Å². The van der Waals surface area contributed by atoms with Gasteiger partial charge in [-0.2, -0.15) is 24.3 Å². The van der Waals surface area contributed by atoms with Crippen molar-refractivity contribution in [2.45, 2.75) is 0 Å². The number of nitrogens with zero attached hydrogens (tertiary/aromatic N) is 1. The zero-order valence-corrected chi connectivity index (χ0v) is 8.09. The summed E-state index contributed by atoms with van der Waals surface area (Å²) in [5, 5.41) is 3.33. The van der Waals surface area contributed by atoms with Gasteiger partial charge in [-0.25, -0.2) is 0 Å². The summed E-state index contributed by atoms with van der Waals surface area (Å²) in [5.74, 6) is 0. The van der Waals surface area contributed by atoms with E-state index in [4.69, 9.17) is 0 Å². The Balaban J connectivity index is 0.000000845. The molecule has 64 valence electrons. The van der Waals surface area contributed by atoms with E-state index in [9.17, 15) is 0 Å². The van der Waals surface area contributed by atoms with Crippen LogP contribution in [0.4, 0.5) is 5.69 Å². The van der Waals surface area contributed by atoms with Crippen LogP contribution in [-0.4, -0.2) is 26.2 Å². The van der Waals surface area contributed by atoms with Crippen molar-refractivity contribution in [3.05, 3.63) is 30.3 Å². The standard InChI is InChI=1S/C10H13N2.Li/c1-2-4-10(5-3-1)12-8-6-11-7-9-12;/h1-4,11H,6-9H2;/q-1;+1. The number of nitrogens with one attached hydrogen (secondary N) is 1. The SMILES string of the molecule is [Li+].[c-]1ccccc1N1CCNCC1. The topological polar surface area (TPSA) is 15.3 Å². The van der Waals surface area contributed by atoms with Gasteiger partial charge in [-0.1, -0.05) is 5.69 Å². The van der Waals surface area contributed by atoms with Gasteiger partial charge in [-0.3, -0.25) is 0 Å². The van der Waals surface area contributed by atoms with Crippen LogP contribution < -0.4 is 29.1 Å². The number of piperazine rings is 1. The smallest absolute Gasteiger partial charge is 0.391 e. The van der Waals surface area contributed by atoms with Crippen molar-refractivity contribution >= 4 is 5.69 Å². The van der Waals surface area contributed by atoms with Crippen LogP contribution in [0.1, 0.15) is 0 Å². The molecule has 0 aromatic heterocycles. The van der Waals surface area contributed by atoms with Crippen LogP contribution in [0.3, 0.4) is 0 Å². The Labute approximate surface area is 91.5 Å². The number of hydrogen-bond donors (Lipinski definition) is 1. The summed E-state index contributed by atoms with van der Waals surface area (Å²) < 4.78 is 0. The molecule has 0 radical (unpaired) electrons. The molecule has 0 unspecified atom stereocenters. The largest absolute Gasteiger partial charge is 1.00 e. The van der Waals surface area contributed by atoms with E-state index in [2.05, 4.69) is 28.4 Å². The molecule has 0 aliphatic carbocycles. The van der Waals surface area contributed by atoms with Crippen molar-refractivity contribution in [2.75, 3.05) is 31.1 Å². The first-order chi connectivity index (χ1) is 5.97. The second-order valence-corrected chi connectivity index (χ2v) is 2.98. The van der Waals surface area contributed by atoms with Gasteiger partial charge >= 0.3 is 18.9 Å². The van der Waals surface area contributed by atoms with E-state index in [0.717, 1.165) is 26.2 Å². The zero-order valence-electron chi connectivity index (χ0n) is 8.09. The third kappa shape index (κ3) is 2.77. The first kappa shape index (κ1) is 10.7. The van der Waals surface area contributed by atoms with Gasteiger partial charge in [0, 0.05) is 26.2 Å². The Morgan fingerprint density at radius 1 is 1.23 bits per heavy atom. The van der Waals surface area contributed by atoms with Crippen LogP contribution in [-0.2, 0) is 0 Å². The second-order valence-electron chi connectivity index (χ2n) is 2.98. The Bertz CT molecular complexity index is 232. The van der Waals surface area contributed by atoms with Crippen LogP contribution in [0.15, 0.2) is 24.3 Å². The molecular weight excluding hydrogens is 155 g/mol. The van der Waals surface area contributed by atoms with E-state index in [-0.39, 0.29) is 18.9 Å². The molecule has 1 fully saturated rings. The fourth-order valence-electron chi connectivity index (χ4n) is 1.49. The van der Waals surface area contributed by atoms with Gasteiger partial charge in [0.1, 0.15) is 0 Å². The first-order valence-electron chi connectivity index (χ1n) is 4.39. The molecular formula is C10H13LiN2. The maximum atomic E-state index is 3.33. The van der Waals surface area contributed by atoms with E-state index in [1.54, 1.807) is 0 Å². The molecule has 13 heavy (non-hydrogen) atoms. The van der Waals surface area contributed by atoms with Crippen LogP contribution in [0.25, 0.3) is 0 Å². The summed E-state index contributed by atoms with van der Waals surface area (Å²) in [6.07, 6.45) is 0. The van der Waals surface area contributed by atoms with Gasteiger partial charge in [0.25, 0.3) is 0 Å². The van der Waals surface area contributed by atoms with Crippen molar-refractivity contribution in [3.8, 4) is 0 Å². The van der Waals surface area contributed by atoms with Crippen molar-refractivity contribution in [1.82, 2.24) is 5.32 Å². The molecule has 1 aromatic carbocycles. The zero-order chi connectivity index (χ0) is 8.23. The fourth-order valence-corrected chi connectivity index (χ4v) is 1.49. The summed E-state index contributed by atoms with van der Waals surface area (Å²) in [4.78, 5) is 2.36. The molecule has 1 heterocycles. The minimum absolute atomic E-state index is 0. The number of benzene rings is 1. The maximum absolute atomic E-state index is 3.33. The Kier molecular flexibility index (Phi) is 4.38. The van der Waals surface area contributed by atoms with Gasteiger partial charge in [-0.15, -0.1) is 6.07 Å². The molecule has 0 amide bonds. The molecule has 1 saturated heterocycles. The van der Waals surface area contributed by atoms with Gasteiger partial charge in [-0.05, 0) is 0 Å². The fraction of sp³-hybridized carbons (Fsp3) is 0.400. The maximum Gasteiger partial charge on any atom is 1.00 e. The van der Waals surface area contributed by atoms with Crippen LogP contribution >= 0.6 is 0 Å². The second kappa shape index (κ2) is 5.34. The number of hydrogen-bond acceptors (Lipinski definition) is 2. The molecule has 1 aliphatic heterocycles. The Morgan fingerprint density at radius 3 is 2.62 bits per heavy atom. The molecule has 0 bridgehead atoms. The molecule has 0 atom stereocenters. The molecule has 1 N–H and O–H groups in total. The van der Waals surface area contributed by atoms with E-state index in [1.807, 2.05) is 12.1 Å². The minimum atomic E-state index is 0. The summed E-state index contributed by atoms with van der Waals surface area (Å²) in [7, 11) is 0. The summed E-state index contributed by atoms with van der Waals surface area (Å²) in [6.45, 7) is 4.37. The normalized spacial score (nSPS) is 16.5. The van der Waals surface area contributed by atoms with Gasteiger partial charge in [0.05, 0.1) is 0 Å². The first-order valence-corrected chi connectivity index (χ1v) is 4.39. The monoisotopic (exact) mass is 168 g/mol. The Hall–Kier alpha value is -0.423. The summed E-state index contributed by atoms with van der Waals surface area (Å²) in [6, 6.07) is 11.4. The summed E-state index contributed by atoms with van der Waals surface area (Å²) >= 11 is 0. The third-order valence-electron chi connectivity index (χ3n) is 2.15. The molecule has 3 heteroatoms. The molecule has 1 aromatic rings. The minimum Gasteiger partial charge on any atom is -0.391 e. The van der Waals surface area contributed by atoms with Crippen molar-refractivity contribution in [3.63, 3.8) is 0 Å². The van der Waals surface area contributed by atoms with Gasteiger partial charge in [0.15, 0.2) is 0 Å². The predicted molar refractivity (Wildman–Crippen MR) is 50.4 cm³/mol. The summed E-state index contributed by atoms with van der Waals surface area (Å²) in [5.41, 5.74) is 1.22. The van der Waals surface area contributed by atoms with Crippen LogP contribution in [0.2, 0.25) is 0 Å². The van der Waals surface area contributed by atoms with E-state index in [0.29, 0.717) is 0 Å². The van der Waals surface area contributed by atoms with Crippen LogP contribution in [0, 0.1) is 6.07 Å². The number of anilines is 1. The van der Waals surface area contributed by atoms with Crippen molar-refractivity contribution in [1.29, 1.82) is 0 Å². The number of para-hydroxylation sites is 1. The van der Waals surface area contributed by atoms with Crippen LogP contribution in [0.5, 0.6) is 0 Å². The van der Waals surface area contributed by atoms with E-state index < -0.39 is 0 Å². The predicted octanol–water partition coefficient (Wildman–Crippen LogP) is -2.10. The van der Waals surface area contributed by atoms with E-state index >= 15 is 0 Å². The van der Waals surface area contributed by atoms with Gasteiger partial charge < -0.3 is 10.2 Å². The van der Waals surface area contributed by atoms with E-state index in [1.165, 1.54) is 5.69 Å². The van der Waals surface area contributed by atoms with Crippen molar-refractivity contribution in [2.24, 2.45) is 0 Å². The third-order valence-corrected chi connectivity index (χ3v) is 2.15. The Morgan fingerprint density at radius 2 is 2.00 bits per heavy atom. The molecule has 2 rings (SSSR count). The quantitative estimate of drug-likeness (QED) is 0.382. The average Bonchev–Trinajstić information content (AvgIpc) is 2.21. The average molecular weight is 168 g/mol. The number of rotatable bonds is 1. The molecule has 2 nitrogen and oxygen atoms in total. The molecule has 0 saturated carbocycles.